The van der Waals surface area contributed by atoms with Crippen LogP contribution in [0.15, 0.2) is 10.7 Å². The molecule has 2 aliphatic carbocycles. The number of furan rings is 1. The summed E-state index contributed by atoms with van der Waals surface area (Å²) in [5.74, 6) is -0.954. The van der Waals surface area contributed by atoms with E-state index in [4.69, 9.17) is 9.15 Å². The summed E-state index contributed by atoms with van der Waals surface area (Å²) < 4.78 is 11.4. The van der Waals surface area contributed by atoms with Crippen molar-refractivity contribution < 1.29 is 23.8 Å². The van der Waals surface area contributed by atoms with Crippen molar-refractivity contribution in [3.8, 4) is 0 Å². The van der Waals surface area contributed by atoms with Crippen LogP contribution < -0.4 is 0 Å². The molecule has 0 bridgehead atoms. The van der Waals surface area contributed by atoms with Gasteiger partial charge in [-0.15, -0.1) is 0 Å². The van der Waals surface area contributed by atoms with E-state index in [1.165, 1.54) is 6.26 Å². The second-order valence-corrected chi connectivity index (χ2v) is 7.89. The maximum atomic E-state index is 13.0. The fourth-order valence-electron chi connectivity index (χ4n) is 4.36. The monoisotopic (exact) mass is 334 g/mol. The van der Waals surface area contributed by atoms with Crippen LogP contribution in [0.1, 0.15) is 68.3 Å². The van der Waals surface area contributed by atoms with E-state index < -0.39 is 23.5 Å². The van der Waals surface area contributed by atoms with Crippen molar-refractivity contribution >= 4 is 11.8 Å². The largest absolute Gasteiger partial charge is 0.460 e. The molecule has 1 aromatic heterocycles. The summed E-state index contributed by atoms with van der Waals surface area (Å²) in [5, 5.41) is 10.5. The van der Waals surface area contributed by atoms with E-state index >= 15 is 0 Å². The Kier molecular flexibility index (Phi) is 4.11. The van der Waals surface area contributed by atoms with Gasteiger partial charge in [0.2, 0.25) is 5.78 Å². The van der Waals surface area contributed by atoms with E-state index in [2.05, 4.69) is 6.92 Å². The molecule has 2 unspecified atom stereocenters. The molecule has 24 heavy (non-hydrogen) atoms. The molecule has 1 aromatic rings. The lowest BCUT2D eigenvalue weighted by molar-refractivity contribution is -0.176. The number of Topliss-reactive ketones (excluding diaryl/α,β-unsaturated/α-hetero) is 1. The van der Waals surface area contributed by atoms with Crippen LogP contribution in [0.5, 0.6) is 0 Å². The first-order valence-electron chi connectivity index (χ1n) is 8.70. The van der Waals surface area contributed by atoms with Crippen LogP contribution in [0, 0.1) is 30.1 Å². The first kappa shape index (κ1) is 17.2. The zero-order chi connectivity index (χ0) is 17.8. The number of esters is 1. The highest BCUT2D eigenvalue weighted by molar-refractivity contribution is 5.99. The SMILES string of the molecule is Cc1coc2c1C(OC(=O)C(C)C)[C@@]1(C)C(C2=O)[C@@H](O)CC[C@@H]1C. The normalized spacial score (nSPS) is 35.5. The van der Waals surface area contributed by atoms with Crippen molar-refractivity contribution in [1.29, 1.82) is 0 Å². The van der Waals surface area contributed by atoms with E-state index in [1.54, 1.807) is 13.8 Å². The van der Waals surface area contributed by atoms with Gasteiger partial charge in [0, 0.05) is 11.0 Å². The van der Waals surface area contributed by atoms with Crippen molar-refractivity contribution in [1.82, 2.24) is 0 Å². The highest BCUT2D eigenvalue weighted by Crippen LogP contribution is 2.59. The lowest BCUT2D eigenvalue weighted by Crippen LogP contribution is -2.55. The molecule has 5 nitrogen and oxygen atoms in total. The van der Waals surface area contributed by atoms with Crippen LogP contribution in [-0.2, 0) is 9.53 Å². The summed E-state index contributed by atoms with van der Waals surface area (Å²) in [6.45, 7) is 9.48. The number of aryl methyl sites for hydroxylation is 1. The molecular formula is C19H26O5. The summed E-state index contributed by atoms with van der Waals surface area (Å²) in [5.41, 5.74) is 0.849. The Morgan fingerprint density at radius 1 is 1.42 bits per heavy atom. The molecule has 1 saturated carbocycles. The van der Waals surface area contributed by atoms with E-state index in [-0.39, 0.29) is 29.3 Å². The summed E-state index contributed by atoms with van der Waals surface area (Å²) in [7, 11) is 0. The minimum absolute atomic E-state index is 0.141. The van der Waals surface area contributed by atoms with Gasteiger partial charge in [-0.05, 0) is 31.2 Å². The van der Waals surface area contributed by atoms with Crippen LogP contribution in [0.4, 0.5) is 0 Å². The van der Waals surface area contributed by atoms with Crippen molar-refractivity contribution in [2.24, 2.45) is 23.2 Å². The molecular weight excluding hydrogens is 308 g/mol. The fraction of sp³-hybridized carbons (Fsp3) is 0.684. The summed E-state index contributed by atoms with van der Waals surface area (Å²) >= 11 is 0. The number of aliphatic hydroxyl groups is 1. The lowest BCUT2D eigenvalue weighted by Gasteiger charge is -2.53. The van der Waals surface area contributed by atoms with Crippen LogP contribution in [0.25, 0.3) is 0 Å². The smallest absolute Gasteiger partial charge is 0.309 e. The van der Waals surface area contributed by atoms with Gasteiger partial charge in [0.15, 0.2) is 5.76 Å². The Morgan fingerprint density at radius 3 is 2.71 bits per heavy atom. The van der Waals surface area contributed by atoms with Gasteiger partial charge in [-0.25, -0.2) is 0 Å². The van der Waals surface area contributed by atoms with Gasteiger partial charge >= 0.3 is 5.97 Å². The quantitative estimate of drug-likeness (QED) is 0.838. The molecule has 2 aliphatic rings. The molecule has 0 amide bonds. The molecule has 0 radical (unpaired) electrons. The minimum atomic E-state index is -0.738. The average Bonchev–Trinajstić information content (AvgIpc) is 2.89. The zero-order valence-electron chi connectivity index (χ0n) is 15.0. The van der Waals surface area contributed by atoms with Gasteiger partial charge < -0.3 is 14.3 Å². The predicted octanol–water partition coefficient (Wildman–Crippen LogP) is 3.44. The highest BCUT2D eigenvalue weighted by Gasteiger charge is 2.61. The highest BCUT2D eigenvalue weighted by atomic mass is 16.5. The summed E-state index contributed by atoms with van der Waals surface area (Å²) in [6.07, 6.45) is 1.60. The Bertz CT molecular complexity index is 673. The third kappa shape index (κ3) is 2.25. The number of hydrogen-bond acceptors (Lipinski definition) is 5. The Labute approximate surface area is 142 Å². The molecule has 5 heteroatoms. The summed E-state index contributed by atoms with van der Waals surface area (Å²) in [6, 6.07) is 0. The van der Waals surface area contributed by atoms with Crippen molar-refractivity contribution in [3.05, 3.63) is 23.2 Å². The van der Waals surface area contributed by atoms with Gasteiger partial charge in [0.25, 0.3) is 0 Å². The molecule has 0 aliphatic heterocycles. The molecule has 3 rings (SSSR count). The van der Waals surface area contributed by atoms with Gasteiger partial charge in [-0.1, -0.05) is 27.7 Å². The molecule has 0 saturated heterocycles. The molecule has 132 valence electrons. The number of carbonyl (C=O) groups excluding carboxylic acids is 2. The number of rotatable bonds is 2. The predicted molar refractivity (Wildman–Crippen MR) is 87.4 cm³/mol. The van der Waals surface area contributed by atoms with Gasteiger partial charge in [0.1, 0.15) is 6.10 Å². The third-order valence-electron chi connectivity index (χ3n) is 6.07. The Balaban J connectivity index is 2.18. The molecule has 0 aromatic carbocycles. The number of aliphatic hydroxyl groups excluding tert-OH is 1. The van der Waals surface area contributed by atoms with E-state index in [0.29, 0.717) is 12.0 Å². The number of ketones is 1. The maximum Gasteiger partial charge on any atom is 0.309 e. The maximum absolute atomic E-state index is 13.0. The number of ether oxygens (including phenoxy) is 1. The lowest BCUT2D eigenvalue weighted by atomic mass is 9.53. The third-order valence-corrected chi connectivity index (χ3v) is 6.07. The van der Waals surface area contributed by atoms with E-state index in [1.807, 2.05) is 13.8 Å². The first-order chi connectivity index (χ1) is 11.2. The minimum Gasteiger partial charge on any atom is -0.460 e. The van der Waals surface area contributed by atoms with E-state index in [9.17, 15) is 14.7 Å². The molecule has 5 atom stereocenters. The number of hydrogen-bond donors (Lipinski definition) is 1. The Hall–Kier alpha value is -1.62. The standard InChI is InChI=1S/C19H26O5/c1-9(2)18(22)24-17-13-10(3)8-23-16(13)15(21)14-12(20)7-6-11(4)19(14,17)5/h8-9,11-12,14,17,20H,6-7H2,1-5H3/t11-,12-,14?,17?,19+/m0/s1. The van der Waals surface area contributed by atoms with Crippen molar-refractivity contribution in [3.63, 3.8) is 0 Å². The van der Waals surface area contributed by atoms with Gasteiger partial charge in [-0.2, -0.15) is 0 Å². The summed E-state index contributed by atoms with van der Waals surface area (Å²) in [4.78, 5) is 25.3. The van der Waals surface area contributed by atoms with Gasteiger partial charge in [0.05, 0.1) is 24.2 Å². The molecule has 0 spiro atoms. The van der Waals surface area contributed by atoms with Crippen LogP contribution in [0.2, 0.25) is 0 Å². The number of fused-ring (bicyclic) bond motifs is 2. The van der Waals surface area contributed by atoms with Crippen molar-refractivity contribution in [2.75, 3.05) is 0 Å². The second-order valence-electron chi connectivity index (χ2n) is 7.89. The Morgan fingerprint density at radius 2 is 2.08 bits per heavy atom. The number of carbonyl (C=O) groups is 2. The molecule has 1 N–H and O–H groups in total. The van der Waals surface area contributed by atoms with Crippen LogP contribution in [-0.4, -0.2) is 23.0 Å². The van der Waals surface area contributed by atoms with Gasteiger partial charge in [-0.3, -0.25) is 9.59 Å². The second kappa shape index (κ2) is 5.73. The average molecular weight is 334 g/mol. The van der Waals surface area contributed by atoms with Crippen LogP contribution in [0.3, 0.4) is 0 Å². The molecule has 1 fully saturated rings. The van der Waals surface area contributed by atoms with Crippen LogP contribution >= 0.6 is 0 Å². The fourth-order valence-corrected chi connectivity index (χ4v) is 4.36. The topological polar surface area (TPSA) is 76.7 Å². The first-order valence-corrected chi connectivity index (χ1v) is 8.70. The van der Waals surface area contributed by atoms with Crippen molar-refractivity contribution in [2.45, 2.75) is 59.7 Å². The zero-order valence-corrected chi connectivity index (χ0v) is 15.0. The van der Waals surface area contributed by atoms with E-state index in [0.717, 1.165) is 12.0 Å². The molecule has 1 heterocycles.